The molecule has 0 saturated carbocycles. The Morgan fingerprint density at radius 2 is 1.89 bits per heavy atom. The third-order valence-corrected chi connectivity index (χ3v) is 3.72. The van der Waals surface area contributed by atoms with Gasteiger partial charge in [-0.1, -0.05) is 18.2 Å². The quantitative estimate of drug-likeness (QED) is 0.833. The Morgan fingerprint density at radius 1 is 1.33 bits per heavy atom. The lowest BCUT2D eigenvalue weighted by Crippen LogP contribution is -2.07. The van der Waals surface area contributed by atoms with Gasteiger partial charge in [-0.15, -0.1) is 0 Å². The van der Waals surface area contributed by atoms with Crippen molar-refractivity contribution in [2.45, 2.75) is 27.4 Å². The Labute approximate surface area is 106 Å². The highest BCUT2D eigenvalue weighted by atomic mass is 31.2. The standard InChI is InChI=1S/C12H17O5P/c1-4-17-18(14,15)12(13)16-8-11-9(2)6-5-7-10(11)3/h5-7H,4,8H2,1-3H3,(H,14,15). The monoisotopic (exact) mass is 272 g/mol. The first-order chi connectivity index (χ1) is 8.38. The third-order valence-electron chi connectivity index (χ3n) is 2.52. The molecule has 1 atom stereocenters. The van der Waals surface area contributed by atoms with Crippen molar-refractivity contribution in [3.63, 3.8) is 0 Å². The molecule has 5 nitrogen and oxygen atoms in total. The highest BCUT2D eigenvalue weighted by Gasteiger charge is 2.32. The van der Waals surface area contributed by atoms with E-state index in [9.17, 15) is 14.3 Å². The SMILES string of the molecule is CCOP(=O)(O)C(=O)OCc1c(C)cccc1C. The maximum absolute atomic E-state index is 11.4. The van der Waals surface area contributed by atoms with Crippen LogP contribution >= 0.6 is 7.60 Å². The molecule has 0 aliphatic heterocycles. The number of rotatable bonds is 5. The first kappa shape index (κ1) is 14.9. The number of carbonyl (C=O) groups is 1. The van der Waals surface area contributed by atoms with Gasteiger partial charge in [-0.25, -0.2) is 9.36 Å². The zero-order valence-corrected chi connectivity index (χ0v) is 11.6. The van der Waals surface area contributed by atoms with E-state index in [4.69, 9.17) is 4.74 Å². The molecule has 18 heavy (non-hydrogen) atoms. The number of carbonyl (C=O) groups excluding carboxylic acids is 1. The van der Waals surface area contributed by atoms with Gasteiger partial charge in [0.1, 0.15) is 6.61 Å². The van der Waals surface area contributed by atoms with Crippen LogP contribution in [0.25, 0.3) is 0 Å². The summed E-state index contributed by atoms with van der Waals surface area (Å²) >= 11 is 0. The molecule has 0 aliphatic carbocycles. The summed E-state index contributed by atoms with van der Waals surface area (Å²) in [7, 11) is -4.31. The van der Waals surface area contributed by atoms with E-state index in [0.717, 1.165) is 16.7 Å². The fourth-order valence-corrected chi connectivity index (χ4v) is 2.20. The predicted octanol–water partition coefficient (Wildman–Crippen LogP) is 3.16. The van der Waals surface area contributed by atoms with Gasteiger partial charge in [-0.05, 0) is 37.5 Å². The fraction of sp³-hybridized carbons (Fsp3) is 0.417. The summed E-state index contributed by atoms with van der Waals surface area (Å²) in [6.45, 7) is 5.25. The van der Waals surface area contributed by atoms with Crippen molar-refractivity contribution in [3.05, 3.63) is 34.9 Å². The van der Waals surface area contributed by atoms with Crippen molar-refractivity contribution in [2.24, 2.45) is 0 Å². The number of hydrogen-bond donors (Lipinski definition) is 1. The molecule has 0 heterocycles. The summed E-state index contributed by atoms with van der Waals surface area (Å²) in [5.41, 5.74) is 1.55. The van der Waals surface area contributed by atoms with Crippen LogP contribution in [0, 0.1) is 13.8 Å². The van der Waals surface area contributed by atoms with Crippen LogP contribution in [-0.4, -0.2) is 17.2 Å². The second-order valence-electron chi connectivity index (χ2n) is 3.86. The average molecular weight is 272 g/mol. The van der Waals surface area contributed by atoms with Crippen LogP contribution in [0.1, 0.15) is 23.6 Å². The van der Waals surface area contributed by atoms with Crippen LogP contribution in [0.4, 0.5) is 4.79 Å². The fourth-order valence-electron chi connectivity index (χ4n) is 1.52. The van der Waals surface area contributed by atoms with Gasteiger partial charge >= 0.3 is 13.3 Å². The van der Waals surface area contributed by atoms with E-state index < -0.39 is 13.3 Å². The summed E-state index contributed by atoms with van der Waals surface area (Å²) in [6.07, 6.45) is 0. The molecule has 0 spiro atoms. The van der Waals surface area contributed by atoms with Crippen LogP contribution in [-0.2, 0) is 20.4 Å². The summed E-state index contributed by atoms with van der Waals surface area (Å²) in [6, 6.07) is 5.67. The molecule has 1 N–H and O–H groups in total. The van der Waals surface area contributed by atoms with E-state index in [1.54, 1.807) is 0 Å². The van der Waals surface area contributed by atoms with Crippen molar-refractivity contribution < 1.29 is 23.5 Å². The zero-order chi connectivity index (χ0) is 13.8. The minimum Gasteiger partial charge on any atom is -0.452 e. The Hall–Kier alpha value is -1.16. The lowest BCUT2D eigenvalue weighted by atomic mass is 10.0. The Balaban J connectivity index is 2.72. The van der Waals surface area contributed by atoms with Gasteiger partial charge in [-0.3, -0.25) is 0 Å². The maximum atomic E-state index is 11.4. The molecule has 0 amide bonds. The Morgan fingerprint density at radius 3 is 2.39 bits per heavy atom. The zero-order valence-electron chi connectivity index (χ0n) is 10.7. The van der Waals surface area contributed by atoms with Gasteiger partial charge in [0, 0.05) is 0 Å². The summed E-state index contributed by atoms with van der Waals surface area (Å²) in [5.74, 6) is 0. The van der Waals surface area contributed by atoms with Crippen LogP contribution in [0.15, 0.2) is 18.2 Å². The molecular weight excluding hydrogens is 255 g/mol. The minimum absolute atomic E-state index is 0.0216. The van der Waals surface area contributed by atoms with Crippen molar-refractivity contribution in [3.8, 4) is 0 Å². The lowest BCUT2D eigenvalue weighted by Gasteiger charge is -2.12. The molecule has 0 bridgehead atoms. The summed E-state index contributed by atoms with van der Waals surface area (Å²) in [5, 5.41) is 0. The number of aryl methyl sites for hydroxylation is 2. The van der Waals surface area contributed by atoms with Gasteiger partial charge in [0.15, 0.2) is 0 Å². The molecule has 0 saturated heterocycles. The molecule has 0 aliphatic rings. The molecule has 1 aromatic carbocycles. The minimum atomic E-state index is -4.31. The first-order valence-corrected chi connectivity index (χ1v) is 7.16. The smallest absolute Gasteiger partial charge is 0.435 e. The molecule has 100 valence electrons. The van der Waals surface area contributed by atoms with Crippen molar-refractivity contribution >= 4 is 13.3 Å². The number of ether oxygens (including phenoxy) is 1. The molecule has 1 unspecified atom stereocenters. The van der Waals surface area contributed by atoms with Crippen LogP contribution in [0.5, 0.6) is 0 Å². The van der Waals surface area contributed by atoms with E-state index in [2.05, 4.69) is 4.52 Å². The predicted molar refractivity (Wildman–Crippen MR) is 67.6 cm³/mol. The van der Waals surface area contributed by atoms with Gasteiger partial charge in [0.25, 0.3) is 0 Å². The van der Waals surface area contributed by atoms with Gasteiger partial charge in [0.05, 0.1) is 6.61 Å². The molecule has 1 rings (SSSR count). The second-order valence-corrected chi connectivity index (χ2v) is 5.53. The van der Waals surface area contributed by atoms with Crippen molar-refractivity contribution in [1.82, 2.24) is 0 Å². The number of benzene rings is 1. The summed E-state index contributed by atoms with van der Waals surface area (Å²) < 4.78 is 20.7. The van der Waals surface area contributed by atoms with E-state index >= 15 is 0 Å². The molecule has 0 fully saturated rings. The number of hydrogen-bond acceptors (Lipinski definition) is 4. The van der Waals surface area contributed by atoms with E-state index in [0.29, 0.717) is 0 Å². The van der Waals surface area contributed by atoms with Crippen molar-refractivity contribution in [1.29, 1.82) is 0 Å². The van der Waals surface area contributed by atoms with Gasteiger partial charge < -0.3 is 14.2 Å². The highest BCUT2D eigenvalue weighted by molar-refractivity contribution is 7.70. The van der Waals surface area contributed by atoms with Crippen LogP contribution in [0.2, 0.25) is 0 Å². The highest BCUT2D eigenvalue weighted by Crippen LogP contribution is 2.44. The third kappa shape index (κ3) is 3.67. The molecule has 0 aromatic heterocycles. The van der Waals surface area contributed by atoms with Gasteiger partial charge in [0.2, 0.25) is 0 Å². The molecular formula is C12H17O5P. The molecule has 1 aromatic rings. The Bertz CT molecular complexity index is 463. The van der Waals surface area contributed by atoms with Crippen LogP contribution < -0.4 is 0 Å². The van der Waals surface area contributed by atoms with E-state index in [-0.39, 0.29) is 13.2 Å². The van der Waals surface area contributed by atoms with E-state index in [1.807, 2.05) is 32.0 Å². The largest absolute Gasteiger partial charge is 0.452 e. The normalized spacial score (nSPS) is 14.0. The summed E-state index contributed by atoms with van der Waals surface area (Å²) in [4.78, 5) is 20.6. The topological polar surface area (TPSA) is 72.8 Å². The first-order valence-electron chi connectivity index (χ1n) is 5.58. The maximum Gasteiger partial charge on any atom is 0.435 e. The Kier molecular flexibility index (Phi) is 5.08. The molecule has 0 radical (unpaired) electrons. The second kappa shape index (κ2) is 6.14. The lowest BCUT2D eigenvalue weighted by molar-refractivity contribution is 0.151. The van der Waals surface area contributed by atoms with Crippen LogP contribution in [0.3, 0.4) is 0 Å². The van der Waals surface area contributed by atoms with Crippen molar-refractivity contribution in [2.75, 3.05) is 6.61 Å². The molecule has 6 heteroatoms. The van der Waals surface area contributed by atoms with Gasteiger partial charge in [-0.2, -0.15) is 0 Å². The van der Waals surface area contributed by atoms with E-state index in [1.165, 1.54) is 6.92 Å². The average Bonchev–Trinajstić information content (AvgIpc) is 2.28.